The van der Waals surface area contributed by atoms with E-state index in [1.165, 1.54) is 41.6 Å². The summed E-state index contributed by atoms with van der Waals surface area (Å²) in [4.78, 5) is 41.9. The van der Waals surface area contributed by atoms with Gasteiger partial charge in [-0.1, -0.05) is 5.16 Å². The zero-order chi connectivity index (χ0) is 18.0. The molecule has 9 nitrogen and oxygen atoms in total. The van der Waals surface area contributed by atoms with Crippen LogP contribution in [0.5, 0.6) is 0 Å². The van der Waals surface area contributed by atoms with Crippen molar-refractivity contribution >= 4 is 47.0 Å². The molecule has 1 saturated heterocycles. The molecule has 3 aliphatic heterocycles. The van der Waals surface area contributed by atoms with E-state index in [-0.39, 0.29) is 17.2 Å². The van der Waals surface area contributed by atoms with Crippen molar-refractivity contribution in [1.82, 2.24) is 10.2 Å². The number of aliphatic carboxylic acids is 1. The monoisotopic (exact) mass is 385 g/mol. The molecule has 11 heteroatoms. The number of nitrogens with one attached hydrogen (secondary N) is 1. The van der Waals surface area contributed by atoms with Crippen LogP contribution in [0.1, 0.15) is 0 Å². The van der Waals surface area contributed by atoms with Gasteiger partial charge in [-0.05, 0) is 6.08 Å². The van der Waals surface area contributed by atoms with Crippen LogP contribution >= 0.6 is 23.5 Å². The first-order chi connectivity index (χ1) is 12.0. The van der Waals surface area contributed by atoms with Crippen molar-refractivity contribution in [3.8, 4) is 0 Å². The number of rotatable bonds is 5. The molecule has 2 amide bonds. The predicted molar refractivity (Wildman–Crippen MR) is 91.7 cm³/mol. The Morgan fingerprint density at radius 1 is 1.52 bits per heavy atom. The van der Waals surface area contributed by atoms with E-state index in [1.54, 1.807) is 5.41 Å². The highest BCUT2D eigenvalue weighted by Crippen LogP contribution is 2.37. The largest absolute Gasteiger partial charge is 0.490 e. The van der Waals surface area contributed by atoms with Crippen molar-refractivity contribution in [2.45, 2.75) is 11.4 Å². The predicted octanol–water partition coefficient (Wildman–Crippen LogP) is -0.0380. The van der Waals surface area contributed by atoms with Crippen LogP contribution < -0.4 is 5.32 Å². The zero-order valence-corrected chi connectivity index (χ0v) is 14.8. The molecule has 3 rings (SSSR count). The van der Waals surface area contributed by atoms with Gasteiger partial charge in [0.1, 0.15) is 24.2 Å². The molecule has 0 aromatic heterocycles. The van der Waals surface area contributed by atoms with Crippen LogP contribution in [-0.2, 0) is 24.0 Å². The van der Waals surface area contributed by atoms with Crippen LogP contribution in [0.4, 0.5) is 0 Å². The van der Waals surface area contributed by atoms with Crippen LogP contribution in [0.3, 0.4) is 0 Å². The average molecular weight is 385 g/mol. The highest BCUT2D eigenvalue weighted by atomic mass is 32.2. The summed E-state index contributed by atoms with van der Waals surface area (Å²) in [6, 6.07) is -0.820. The number of ether oxygens (including phenoxy) is 1. The summed E-state index contributed by atoms with van der Waals surface area (Å²) in [5, 5.41) is 16.7. The van der Waals surface area contributed by atoms with Gasteiger partial charge in [0.05, 0.1) is 6.61 Å². The molecule has 25 heavy (non-hydrogen) atoms. The van der Waals surface area contributed by atoms with Crippen molar-refractivity contribution in [2.24, 2.45) is 5.16 Å². The molecule has 3 heterocycles. The maximum Gasteiger partial charge on any atom is 0.352 e. The van der Waals surface area contributed by atoms with Gasteiger partial charge >= 0.3 is 5.97 Å². The highest BCUT2D eigenvalue weighted by molar-refractivity contribution is 8.02. The number of amides is 2. The number of carboxylic acids is 1. The zero-order valence-electron chi connectivity index (χ0n) is 13.1. The van der Waals surface area contributed by atoms with Gasteiger partial charge in [-0.15, -0.1) is 23.5 Å². The summed E-state index contributed by atoms with van der Waals surface area (Å²) in [7, 11) is 1.31. The molecule has 134 valence electrons. The number of carbonyl (C=O) groups is 3. The number of hydrogen-bond acceptors (Lipinski definition) is 8. The average Bonchev–Trinajstić information content (AvgIpc) is 2.63. The van der Waals surface area contributed by atoms with Gasteiger partial charge in [0, 0.05) is 16.9 Å². The van der Waals surface area contributed by atoms with E-state index in [0.29, 0.717) is 12.4 Å². The van der Waals surface area contributed by atoms with Crippen LogP contribution in [0.15, 0.2) is 28.1 Å². The third-order valence-electron chi connectivity index (χ3n) is 3.63. The van der Waals surface area contributed by atoms with Gasteiger partial charge in [-0.2, -0.15) is 0 Å². The van der Waals surface area contributed by atoms with Gasteiger partial charge in [-0.3, -0.25) is 14.5 Å². The van der Waals surface area contributed by atoms with Crippen molar-refractivity contribution in [1.29, 1.82) is 0 Å². The van der Waals surface area contributed by atoms with Gasteiger partial charge in [0.2, 0.25) is 5.71 Å². The Kier molecular flexibility index (Phi) is 5.23. The van der Waals surface area contributed by atoms with Crippen LogP contribution in [0, 0.1) is 0 Å². The van der Waals surface area contributed by atoms with Gasteiger partial charge in [0.15, 0.2) is 5.76 Å². The second-order valence-electron chi connectivity index (χ2n) is 5.10. The number of hydrogen-bond donors (Lipinski definition) is 2. The lowest BCUT2D eigenvalue weighted by molar-refractivity contribution is -0.150. The Morgan fingerprint density at radius 3 is 2.96 bits per heavy atom. The quantitative estimate of drug-likeness (QED) is 0.385. The first-order valence-corrected chi connectivity index (χ1v) is 9.39. The fraction of sp³-hybridized carbons (Fsp3) is 0.429. The van der Waals surface area contributed by atoms with Crippen molar-refractivity contribution in [2.75, 3.05) is 25.2 Å². The molecule has 0 aliphatic carbocycles. The van der Waals surface area contributed by atoms with Crippen molar-refractivity contribution < 1.29 is 29.1 Å². The van der Waals surface area contributed by atoms with Gasteiger partial charge in [0.25, 0.3) is 11.8 Å². The smallest absolute Gasteiger partial charge is 0.352 e. The number of β-lactam (4-membered cyclic amide) rings is 1. The minimum Gasteiger partial charge on any atom is -0.490 e. The first kappa shape index (κ1) is 17.7. The fourth-order valence-electron chi connectivity index (χ4n) is 2.53. The number of nitrogens with zero attached hydrogens (tertiary/aromatic N) is 2. The summed E-state index contributed by atoms with van der Waals surface area (Å²) in [6.07, 6.45) is 1.48. The summed E-state index contributed by atoms with van der Waals surface area (Å²) >= 11 is 2.86. The Morgan fingerprint density at radius 2 is 2.32 bits per heavy atom. The minimum atomic E-state index is -1.16. The third kappa shape index (κ3) is 3.33. The van der Waals surface area contributed by atoms with E-state index < -0.39 is 29.2 Å². The molecule has 2 N–H and O–H groups in total. The molecular weight excluding hydrogens is 370 g/mol. The number of fused-ring (bicyclic) bond motifs is 1. The molecule has 0 bridgehead atoms. The Labute approximate surface area is 151 Å². The Bertz CT molecular complexity index is 705. The molecule has 0 aromatic rings. The maximum absolute atomic E-state index is 12.5. The van der Waals surface area contributed by atoms with E-state index in [9.17, 15) is 14.4 Å². The van der Waals surface area contributed by atoms with E-state index in [4.69, 9.17) is 14.7 Å². The molecule has 0 spiro atoms. The third-order valence-corrected chi connectivity index (χ3v) is 5.60. The second kappa shape index (κ2) is 7.40. The van der Waals surface area contributed by atoms with E-state index in [0.717, 1.165) is 5.75 Å². The molecule has 3 aliphatic rings. The van der Waals surface area contributed by atoms with Crippen LogP contribution in [0.2, 0.25) is 0 Å². The van der Waals surface area contributed by atoms with Crippen molar-refractivity contribution in [3.63, 3.8) is 0 Å². The summed E-state index contributed by atoms with van der Waals surface area (Å²) in [6.45, 7) is 0.438. The number of carbonyl (C=O) groups excluding carboxylic acids is 2. The molecule has 2 atom stereocenters. The standard InChI is InChI=1S/C14H15N3O6S2/c1-22-16-9(8-6-24-5-3-23-8)11(18)15-10-12(19)17-7(14(20)21)2-4-25-13(10)17/h2,6,10,13H,3-5H2,1H3,(H,15,18)(H,20,21)/b16-9+. The lowest BCUT2D eigenvalue weighted by Crippen LogP contribution is -2.70. The molecule has 0 saturated carbocycles. The van der Waals surface area contributed by atoms with E-state index in [2.05, 4.69) is 10.5 Å². The summed E-state index contributed by atoms with van der Waals surface area (Å²) in [5.41, 5.74) is -0.115. The number of carboxylic acid groups (broad SMARTS) is 1. The lowest BCUT2D eigenvalue weighted by Gasteiger charge is -2.48. The molecule has 1 fully saturated rings. The Hall–Kier alpha value is -2.14. The van der Waals surface area contributed by atoms with Gasteiger partial charge in [-0.25, -0.2) is 4.79 Å². The maximum atomic E-state index is 12.5. The highest BCUT2D eigenvalue weighted by Gasteiger charge is 2.53. The molecule has 0 radical (unpaired) electrons. The number of thioether (sulfide) groups is 2. The summed E-state index contributed by atoms with van der Waals surface area (Å²) in [5.74, 6) is -0.745. The van der Waals surface area contributed by atoms with Crippen LogP contribution in [0.25, 0.3) is 0 Å². The van der Waals surface area contributed by atoms with Crippen molar-refractivity contribution in [3.05, 3.63) is 22.9 Å². The van der Waals surface area contributed by atoms with E-state index >= 15 is 0 Å². The normalized spacial score (nSPS) is 25.7. The minimum absolute atomic E-state index is 0.0558. The van der Waals surface area contributed by atoms with E-state index in [1.807, 2.05) is 0 Å². The molecular formula is C14H15N3O6S2. The number of oxime groups is 1. The van der Waals surface area contributed by atoms with Gasteiger partial charge < -0.3 is 20.0 Å². The topological polar surface area (TPSA) is 118 Å². The second-order valence-corrected chi connectivity index (χ2v) is 7.23. The lowest BCUT2D eigenvalue weighted by atomic mass is 10.0. The molecule has 2 unspecified atom stereocenters. The molecule has 0 aromatic carbocycles. The SMILES string of the molecule is CO/N=C(/C(=O)NC1C(=O)N2C(C(=O)O)=CCSC12)C1=CSCCO1. The Balaban J connectivity index is 1.72. The van der Waals surface area contributed by atoms with Crippen LogP contribution in [-0.4, -0.2) is 70.1 Å². The fourth-order valence-corrected chi connectivity index (χ4v) is 4.35. The first-order valence-electron chi connectivity index (χ1n) is 7.29. The summed E-state index contributed by atoms with van der Waals surface area (Å²) < 4.78 is 5.41.